The van der Waals surface area contributed by atoms with Crippen LogP contribution in [0.1, 0.15) is 12.8 Å². The van der Waals surface area contributed by atoms with Gasteiger partial charge in [-0.3, -0.25) is 9.59 Å². The highest BCUT2D eigenvalue weighted by Crippen LogP contribution is 2.46. The summed E-state index contributed by atoms with van der Waals surface area (Å²) in [5, 5.41) is 0. The third kappa shape index (κ3) is 1.80. The molecule has 0 bridgehead atoms. The molecule has 0 N–H and O–H groups in total. The van der Waals surface area contributed by atoms with Crippen LogP contribution in [0.3, 0.4) is 0 Å². The zero-order valence-electron chi connectivity index (χ0n) is 9.69. The van der Waals surface area contributed by atoms with Crippen molar-refractivity contribution in [3.63, 3.8) is 0 Å². The number of benzene rings is 1. The van der Waals surface area contributed by atoms with Crippen LogP contribution in [0.4, 0.5) is 5.69 Å². The summed E-state index contributed by atoms with van der Waals surface area (Å²) in [6.45, 7) is 0. The Balaban J connectivity index is 1.98. The number of halogens is 1. The summed E-state index contributed by atoms with van der Waals surface area (Å²) in [6, 6.07) is 7.35. The maximum atomic E-state index is 12.5. The summed E-state index contributed by atoms with van der Waals surface area (Å²) in [7, 11) is 0. The van der Waals surface area contributed by atoms with Gasteiger partial charge in [-0.15, -0.1) is 0 Å². The molecule has 2 amide bonds. The van der Waals surface area contributed by atoms with Crippen LogP contribution in [0.2, 0.25) is 0 Å². The molecule has 0 aromatic heterocycles. The number of thioether (sulfide) groups is 1. The first-order chi connectivity index (χ1) is 8.62. The van der Waals surface area contributed by atoms with Crippen molar-refractivity contribution in [3.05, 3.63) is 28.7 Å². The van der Waals surface area contributed by atoms with E-state index in [1.807, 2.05) is 24.3 Å². The van der Waals surface area contributed by atoms with Crippen LogP contribution in [0.5, 0.6) is 0 Å². The highest BCUT2D eigenvalue weighted by Gasteiger charge is 2.53. The third-order valence-corrected chi connectivity index (χ3v) is 5.31. The SMILES string of the molecule is O=C1CC2(CCSC2)C(=O)N1c1cccc(Br)c1. The van der Waals surface area contributed by atoms with Crippen LogP contribution in [0, 0.1) is 5.41 Å². The molecule has 2 saturated heterocycles. The molecule has 3 nitrogen and oxygen atoms in total. The Morgan fingerprint density at radius 1 is 1.33 bits per heavy atom. The fraction of sp³-hybridized carbons (Fsp3) is 0.385. The van der Waals surface area contributed by atoms with Gasteiger partial charge in [-0.1, -0.05) is 22.0 Å². The van der Waals surface area contributed by atoms with E-state index in [2.05, 4.69) is 15.9 Å². The molecular weight excluding hydrogens is 314 g/mol. The monoisotopic (exact) mass is 325 g/mol. The van der Waals surface area contributed by atoms with Crippen molar-refractivity contribution in [1.29, 1.82) is 0 Å². The van der Waals surface area contributed by atoms with E-state index in [1.165, 1.54) is 4.90 Å². The Hall–Kier alpha value is -0.810. The molecule has 2 aliphatic rings. The highest BCUT2D eigenvalue weighted by molar-refractivity contribution is 9.10. The number of carbonyl (C=O) groups excluding carboxylic acids is 2. The van der Waals surface area contributed by atoms with Gasteiger partial charge < -0.3 is 0 Å². The zero-order valence-corrected chi connectivity index (χ0v) is 12.1. The number of hydrogen-bond donors (Lipinski definition) is 0. The number of nitrogens with zero attached hydrogens (tertiary/aromatic N) is 1. The second kappa shape index (κ2) is 4.38. The zero-order chi connectivity index (χ0) is 12.8. The number of rotatable bonds is 1. The molecule has 1 unspecified atom stereocenters. The summed E-state index contributed by atoms with van der Waals surface area (Å²) < 4.78 is 0.877. The van der Waals surface area contributed by atoms with Gasteiger partial charge >= 0.3 is 0 Å². The molecule has 1 aromatic rings. The largest absolute Gasteiger partial charge is 0.274 e. The Bertz CT molecular complexity index is 525. The van der Waals surface area contributed by atoms with Crippen molar-refractivity contribution >= 4 is 45.2 Å². The first kappa shape index (κ1) is 12.2. The molecule has 18 heavy (non-hydrogen) atoms. The second-order valence-electron chi connectivity index (χ2n) is 4.77. The maximum absolute atomic E-state index is 12.5. The summed E-state index contributed by atoms with van der Waals surface area (Å²) in [4.78, 5) is 26.0. The minimum absolute atomic E-state index is 0.0180. The second-order valence-corrected chi connectivity index (χ2v) is 6.79. The standard InChI is InChI=1S/C13H12BrNO2S/c14-9-2-1-3-10(6-9)15-11(16)7-13(12(15)17)4-5-18-8-13/h1-3,6H,4-5,7-8H2. The summed E-state index contributed by atoms with van der Waals surface area (Å²) in [6.07, 6.45) is 1.19. The lowest BCUT2D eigenvalue weighted by Gasteiger charge is -2.20. The predicted octanol–water partition coefficient (Wildman–Crippen LogP) is 2.84. The van der Waals surface area contributed by atoms with E-state index in [0.717, 1.165) is 22.4 Å². The molecule has 2 heterocycles. The van der Waals surface area contributed by atoms with Crippen molar-refractivity contribution in [2.75, 3.05) is 16.4 Å². The van der Waals surface area contributed by atoms with Crippen molar-refractivity contribution in [3.8, 4) is 0 Å². The van der Waals surface area contributed by atoms with Gasteiger partial charge in [0, 0.05) is 16.6 Å². The lowest BCUT2D eigenvalue weighted by molar-refractivity contribution is -0.124. The highest BCUT2D eigenvalue weighted by atomic mass is 79.9. The topological polar surface area (TPSA) is 37.4 Å². The van der Waals surface area contributed by atoms with Crippen LogP contribution < -0.4 is 4.90 Å². The quantitative estimate of drug-likeness (QED) is 0.745. The van der Waals surface area contributed by atoms with Crippen molar-refractivity contribution in [1.82, 2.24) is 0 Å². The molecule has 1 atom stereocenters. The number of anilines is 1. The molecule has 0 aliphatic carbocycles. The van der Waals surface area contributed by atoms with Gasteiger partial charge in [0.25, 0.3) is 0 Å². The Morgan fingerprint density at radius 3 is 2.83 bits per heavy atom. The molecule has 3 rings (SSSR count). The van der Waals surface area contributed by atoms with E-state index in [4.69, 9.17) is 0 Å². The maximum Gasteiger partial charge on any atom is 0.241 e. The van der Waals surface area contributed by atoms with Gasteiger partial charge in [-0.25, -0.2) is 4.90 Å². The first-order valence-corrected chi connectivity index (χ1v) is 7.78. The van der Waals surface area contributed by atoms with Gasteiger partial charge in [-0.2, -0.15) is 11.8 Å². The van der Waals surface area contributed by atoms with E-state index in [-0.39, 0.29) is 11.8 Å². The minimum Gasteiger partial charge on any atom is -0.274 e. The number of amides is 2. The lowest BCUT2D eigenvalue weighted by Crippen LogP contribution is -2.35. The molecule has 0 radical (unpaired) electrons. The summed E-state index contributed by atoms with van der Waals surface area (Å²) in [5.74, 6) is 1.67. The molecule has 5 heteroatoms. The molecule has 94 valence electrons. The van der Waals surface area contributed by atoms with Crippen LogP contribution in [-0.2, 0) is 9.59 Å². The Labute approximate surface area is 118 Å². The molecule has 2 fully saturated rings. The molecule has 1 spiro atoms. The van der Waals surface area contributed by atoms with Gasteiger partial charge in [0.1, 0.15) is 0 Å². The normalized spacial score (nSPS) is 27.5. The third-order valence-electron chi connectivity index (χ3n) is 3.57. The van der Waals surface area contributed by atoms with Crippen LogP contribution in [-0.4, -0.2) is 23.3 Å². The smallest absolute Gasteiger partial charge is 0.241 e. The predicted molar refractivity (Wildman–Crippen MR) is 75.6 cm³/mol. The summed E-state index contributed by atoms with van der Waals surface area (Å²) in [5.41, 5.74) is 0.248. The first-order valence-electron chi connectivity index (χ1n) is 5.83. The Kier molecular flexibility index (Phi) is 2.98. The number of imide groups is 1. The van der Waals surface area contributed by atoms with E-state index in [0.29, 0.717) is 12.1 Å². The van der Waals surface area contributed by atoms with E-state index in [1.54, 1.807) is 11.8 Å². The molecular formula is C13H12BrNO2S. The van der Waals surface area contributed by atoms with Crippen LogP contribution >= 0.6 is 27.7 Å². The fourth-order valence-corrected chi connectivity index (χ4v) is 4.41. The number of carbonyl (C=O) groups is 2. The molecule has 0 saturated carbocycles. The van der Waals surface area contributed by atoms with Gasteiger partial charge in [0.05, 0.1) is 11.1 Å². The lowest BCUT2D eigenvalue weighted by atomic mass is 9.86. The average molecular weight is 326 g/mol. The Morgan fingerprint density at radius 2 is 2.17 bits per heavy atom. The van der Waals surface area contributed by atoms with Crippen molar-refractivity contribution in [2.24, 2.45) is 5.41 Å². The van der Waals surface area contributed by atoms with E-state index in [9.17, 15) is 9.59 Å². The summed E-state index contributed by atoms with van der Waals surface area (Å²) >= 11 is 5.14. The van der Waals surface area contributed by atoms with Crippen molar-refractivity contribution < 1.29 is 9.59 Å². The van der Waals surface area contributed by atoms with E-state index < -0.39 is 5.41 Å². The average Bonchev–Trinajstić information content (AvgIpc) is 2.87. The fourth-order valence-electron chi connectivity index (χ4n) is 2.59. The number of hydrogen-bond acceptors (Lipinski definition) is 3. The molecule has 1 aromatic carbocycles. The van der Waals surface area contributed by atoms with Crippen LogP contribution in [0.15, 0.2) is 28.7 Å². The van der Waals surface area contributed by atoms with Gasteiger partial charge in [-0.05, 0) is 30.4 Å². The van der Waals surface area contributed by atoms with Crippen LogP contribution in [0.25, 0.3) is 0 Å². The van der Waals surface area contributed by atoms with Gasteiger partial charge in [0.2, 0.25) is 11.8 Å². The molecule has 2 aliphatic heterocycles. The van der Waals surface area contributed by atoms with E-state index >= 15 is 0 Å². The minimum atomic E-state index is -0.427. The van der Waals surface area contributed by atoms with Crippen molar-refractivity contribution in [2.45, 2.75) is 12.8 Å². The van der Waals surface area contributed by atoms with Gasteiger partial charge in [0.15, 0.2) is 0 Å².